The van der Waals surface area contributed by atoms with Crippen LogP contribution in [0.25, 0.3) is 0 Å². The number of hydrogen-bond donors (Lipinski definition) is 4. The van der Waals surface area contributed by atoms with E-state index in [2.05, 4.69) is 62.5 Å². The third kappa shape index (κ3) is 29.1. The number of allylic oxidation sites excluding steroid dienone is 14. The molecular formula is C45H72O12S. The topological polar surface area (TPSA) is 186 Å². The summed E-state index contributed by atoms with van der Waals surface area (Å²) in [5, 5.41) is 30.8. The van der Waals surface area contributed by atoms with E-state index in [0.29, 0.717) is 19.3 Å². The van der Waals surface area contributed by atoms with Gasteiger partial charge in [-0.3, -0.25) is 14.1 Å². The Hall–Kier alpha value is -3.17. The second-order valence-electron chi connectivity index (χ2n) is 14.3. The largest absolute Gasteiger partial charge is 0.462 e. The lowest BCUT2D eigenvalue weighted by molar-refractivity contribution is -0.297. The van der Waals surface area contributed by atoms with E-state index in [1.54, 1.807) is 0 Å². The van der Waals surface area contributed by atoms with Crippen molar-refractivity contribution >= 4 is 22.1 Å². The molecule has 0 aromatic rings. The van der Waals surface area contributed by atoms with Crippen molar-refractivity contribution in [3.63, 3.8) is 0 Å². The molecule has 1 saturated heterocycles. The summed E-state index contributed by atoms with van der Waals surface area (Å²) in [7, 11) is -4.61. The molecule has 0 radical (unpaired) electrons. The van der Waals surface area contributed by atoms with Gasteiger partial charge >= 0.3 is 11.9 Å². The normalized spacial score (nSPS) is 21.2. The van der Waals surface area contributed by atoms with Crippen LogP contribution in [-0.4, -0.2) is 96.0 Å². The van der Waals surface area contributed by atoms with E-state index in [9.17, 15) is 37.9 Å². The van der Waals surface area contributed by atoms with Gasteiger partial charge in [-0.25, -0.2) is 0 Å². The molecule has 1 aliphatic heterocycles. The molecule has 1 aliphatic rings. The minimum atomic E-state index is -4.61. The highest BCUT2D eigenvalue weighted by molar-refractivity contribution is 7.85. The van der Waals surface area contributed by atoms with Crippen molar-refractivity contribution in [1.29, 1.82) is 0 Å². The Labute approximate surface area is 348 Å². The summed E-state index contributed by atoms with van der Waals surface area (Å²) in [6, 6.07) is 0. The Morgan fingerprint density at radius 1 is 0.621 bits per heavy atom. The fraction of sp³-hybridized carbons (Fsp3) is 0.644. The summed E-state index contributed by atoms with van der Waals surface area (Å²) in [6.45, 7) is 3.50. The molecule has 0 spiro atoms. The average Bonchev–Trinajstić information content (AvgIpc) is 3.18. The lowest BCUT2D eigenvalue weighted by Gasteiger charge is -2.40. The van der Waals surface area contributed by atoms with Crippen LogP contribution in [0.3, 0.4) is 0 Å². The van der Waals surface area contributed by atoms with Crippen LogP contribution < -0.4 is 0 Å². The molecule has 13 heteroatoms. The average molecular weight is 837 g/mol. The first-order valence-corrected chi connectivity index (χ1v) is 22.8. The molecule has 1 rings (SSSR count). The molecule has 0 amide bonds. The number of carbonyl (C=O) groups excluding carboxylic acids is 2. The SMILES string of the molecule is CC/C=C/C=C/C=C/CCCCCCCC(=O)OC(COC(=O)CCC/C=C/C/C=C/C/C=C/C/C=C/CCCCC)CO[C@H]1O[C@H](CS(=O)(=O)O)[C@@H](O)C(O)C1O. The van der Waals surface area contributed by atoms with Gasteiger partial charge in [0.15, 0.2) is 12.4 Å². The first-order valence-electron chi connectivity index (χ1n) is 21.2. The van der Waals surface area contributed by atoms with Gasteiger partial charge in [-0.1, -0.05) is 131 Å². The number of esters is 2. The molecule has 0 bridgehead atoms. The first kappa shape index (κ1) is 52.8. The fourth-order valence-corrected chi connectivity index (χ4v) is 6.42. The van der Waals surface area contributed by atoms with Gasteiger partial charge in [0.2, 0.25) is 0 Å². The summed E-state index contributed by atoms with van der Waals surface area (Å²) in [4.78, 5) is 25.3. The summed E-state index contributed by atoms with van der Waals surface area (Å²) < 4.78 is 53.9. The molecule has 1 heterocycles. The van der Waals surface area contributed by atoms with E-state index in [-0.39, 0.29) is 19.4 Å². The smallest absolute Gasteiger partial charge is 0.306 e. The van der Waals surface area contributed by atoms with Crippen LogP contribution >= 0.6 is 0 Å². The minimum Gasteiger partial charge on any atom is -0.462 e. The Kier molecular flexibility index (Phi) is 31.6. The van der Waals surface area contributed by atoms with Crippen molar-refractivity contribution in [2.45, 2.75) is 166 Å². The second kappa shape index (κ2) is 34.7. The zero-order chi connectivity index (χ0) is 42.7. The van der Waals surface area contributed by atoms with Crippen LogP contribution in [0.2, 0.25) is 0 Å². The van der Waals surface area contributed by atoms with Crippen LogP contribution in [0.5, 0.6) is 0 Å². The highest BCUT2D eigenvalue weighted by atomic mass is 32.2. The molecular weight excluding hydrogens is 765 g/mol. The number of ether oxygens (including phenoxy) is 4. The molecule has 12 nitrogen and oxygen atoms in total. The maximum atomic E-state index is 12.8. The molecule has 0 saturated carbocycles. The second-order valence-corrected chi connectivity index (χ2v) is 15.8. The van der Waals surface area contributed by atoms with Gasteiger partial charge in [0.25, 0.3) is 10.1 Å². The monoisotopic (exact) mass is 836 g/mol. The van der Waals surface area contributed by atoms with Crippen molar-refractivity contribution < 1.29 is 56.8 Å². The van der Waals surface area contributed by atoms with Crippen molar-refractivity contribution in [3.8, 4) is 0 Å². The Bertz CT molecular complexity index is 1400. The van der Waals surface area contributed by atoms with Crippen molar-refractivity contribution in [2.24, 2.45) is 0 Å². The zero-order valence-electron chi connectivity index (χ0n) is 34.9. The third-order valence-corrected chi connectivity index (χ3v) is 9.77. The van der Waals surface area contributed by atoms with Gasteiger partial charge in [0.1, 0.15) is 36.8 Å². The Balaban J connectivity index is 2.54. The van der Waals surface area contributed by atoms with Crippen molar-refractivity contribution in [1.82, 2.24) is 0 Å². The van der Waals surface area contributed by atoms with E-state index in [0.717, 1.165) is 64.2 Å². The number of aliphatic hydroxyl groups is 3. The number of carbonyl (C=O) groups is 2. The minimum absolute atomic E-state index is 0.124. The summed E-state index contributed by atoms with van der Waals surface area (Å²) in [5.74, 6) is -2.10. The van der Waals surface area contributed by atoms with Crippen molar-refractivity contribution in [3.05, 3.63) is 85.1 Å². The molecule has 4 N–H and O–H groups in total. The number of hydrogen-bond acceptors (Lipinski definition) is 11. The van der Waals surface area contributed by atoms with Gasteiger partial charge in [-0.05, 0) is 70.6 Å². The lowest BCUT2D eigenvalue weighted by Crippen LogP contribution is -2.60. The van der Waals surface area contributed by atoms with Gasteiger partial charge < -0.3 is 34.3 Å². The predicted octanol–water partition coefficient (Wildman–Crippen LogP) is 8.11. The summed E-state index contributed by atoms with van der Waals surface area (Å²) in [6.07, 6.45) is 35.0. The Morgan fingerprint density at radius 2 is 1.17 bits per heavy atom. The van der Waals surface area contributed by atoms with Crippen LogP contribution in [0.15, 0.2) is 85.1 Å². The van der Waals surface area contributed by atoms with E-state index < -0.39 is 71.2 Å². The van der Waals surface area contributed by atoms with Crippen LogP contribution in [0.4, 0.5) is 0 Å². The molecule has 3 unspecified atom stereocenters. The lowest BCUT2D eigenvalue weighted by atomic mass is 10.00. The molecule has 330 valence electrons. The highest BCUT2D eigenvalue weighted by Gasteiger charge is 2.46. The first-order chi connectivity index (χ1) is 28.0. The quantitative estimate of drug-likeness (QED) is 0.0164. The molecule has 0 aliphatic carbocycles. The van der Waals surface area contributed by atoms with Gasteiger partial charge in [0, 0.05) is 12.8 Å². The zero-order valence-corrected chi connectivity index (χ0v) is 35.7. The fourth-order valence-electron chi connectivity index (χ4n) is 5.73. The molecule has 1 fully saturated rings. The molecule has 0 aromatic heterocycles. The molecule has 6 atom stereocenters. The third-order valence-electron chi connectivity index (χ3n) is 9.02. The molecule has 0 aromatic carbocycles. The van der Waals surface area contributed by atoms with Crippen LogP contribution in [0, 0.1) is 0 Å². The number of rotatable bonds is 33. The van der Waals surface area contributed by atoms with E-state index in [4.69, 9.17) is 18.9 Å². The predicted molar refractivity (Wildman–Crippen MR) is 228 cm³/mol. The van der Waals surface area contributed by atoms with E-state index >= 15 is 0 Å². The van der Waals surface area contributed by atoms with E-state index in [1.165, 1.54) is 19.3 Å². The van der Waals surface area contributed by atoms with Crippen LogP contribution in [-0.2, 0) is 38.7 Å². The van der Waals surface area contributed by atoms with Gasteiger partial charge in [-0.2, -0.15) is 8.42 Å². The number of aliphatic hydroxyl groups excluding tert-OH is 3. The standard InChI is InChI=1S/C45H72O12S/c1-3-5-7-9-11-13-15-17-18-19-20-22-23-25-27-29-31-33-40(46)54-35-38(36-55-45-44(50)43(49)42(48)39(57-45)37-58(51,52)53)56-41(47)34-32-30-28-26-24-21-16-14-12-10-8-6-4-2/h6,8,10-14,16-18,20,22,25,27,38-39,42-45,48-50H,3-5,7,9,15,19,21,23-24,26,28-37H2,1-2H3,(H,51,52,53)/b8-6+,12-10+,13-11+,16-14+,18-17+,22-20+,27-25+/t38?,39-,42-,43?,44?,45+/m1/s1. The Morgan fingerprint density at radius 3 is 1.81 bits per heavy atom. The van der Waals surface area contributed by atoms with Crippen LogP contribution in [0.1, 0.15) is 129 Å². The maximum absolute atomic E-state index is 12.8. The highest BCUT2D eigenvalue weighted by Crippen LogP contribution is 2.24. The van der Waals surface area contributed by atoms with Gasteiger partial charge in [0.05, 0.1) is 6.61 Å². The maximum Gasteiger partial charge on any atom is 0.306 e. The molecule has 58 heavy (non-hydrogen) atoms. The summed E-state index contributed by atoms with van der Waals surface area (Å²) in [5.41, 5.74) is 0. The van der Waals surface area contributed by atoms with Crippen molar-refractivity contribution in [2.75, 3.05) is 19.0 Å². The van der Waals surface area contributed by atoms with Gasteiger partial charge in [-0.15, -0.1) is 0 Å². The van der Waals surface area contributed by atoms with E-state index in [1.807, 2.05) is 36.5 Å². The summed E-state index contributed by atoms with van der Waals surface area (Å²) >= 11 is 0. The number of unbranched alkanes of at least 4 members (excludes halogenated alkanes) is 9.